The fourth-order valence-electron chi connectivity index (χ4n) is 1.71. The van der Waals surface area contributed by atoms with Crippen molar-refractivity contribution in [2.24, 2.45) is 0 Å². The third kappa shape index (κ3) is 6.71. The standard InChI is InChI=1S/C16H16ClN3O2S/c17-12-4-6-13(7-5-12)20-16(22)11-23-10-15(21)19-9-14-3-1-2-8-18-14/h1-8H,9-11H2,(H,19,21)(H,20,22). The largest absolute Gasteiger partial charge is 0.350 e. The number of hydrogen-bond donors (Lipinski definition) is 2. The second kappa shape index (κ2) is 9.17. The number of carbonyl (C=O) groups excluding carboxylic acids is 2. The van der Waals surface area contributed by atoms with Crippen molar-refractivity contribution in [2.75, 3.05) is 16.8 Å². The Hall–Kier alpha value is -2.05. The monoisotopic (exact) mass is 349 g/mol. The summed E-state index contributed by atoms with van der Waals surface area (Å²) < 4.78 is 0. The zero-order valence-corrected chi connectivity index (χ0v) is 13.9. The van der Waals surface area contributed by atoms with Gasteiger partial charge in [-0.1, -0.05) is 17.7 Å². The summed E-state index contributed by atoms with van der Waals surface area (Å²) in [6.07, 6.45) is 1.68. The van der Waals surface area contributed by atoms with Crippen LogP contribution in [-0.2, 0) is 16.1 Å². The lowest BCUT2D eigenvalue weighted by molar-refractivity contribution is -0.118. The van der Waals surface area contributed by atoms with Gasteiger partial charge in [-0.3, -0.25) is 14.6 Å². The SMILES string of the molecule is O=C(CSCC(=O)Nc1ccc(Cl)cc1)NCc1ccccn1. The minimum Gasteiger partial charge on any atom is -0.350 e. The molecule has 0 fully saturated rings. The van der Waals surface area contributed by atoms with Gasteiger partial charge in [0.25, 0.3) is 0 Å². The van der Waals surface area contributed by atoms with E-state index >= 15 is 0 Å². The maximum Gasteiger partial charge on any atom is 0.234 e. The molecule has 0 saturated carbocycles. The van der Waals surface area contributed by atoms with Crippen molar-refractivity contribution in [1.29, 1.82) is 0 Å². The van der Waals surface area contributed by atoms with Crippen LogP contribution in [0.25, 0.3) is 0 Å². The van der Waals surface area contributed by atoms with E-state index in [1.165, 1.54) is 11.8 Å². The maximum atomic E-state index is 11.8. The van der Waals surface area contributed by atoms with Gasteiger partial charge < -0.3 is 10.6 Å². The van der Waals surface area contributed by atoms with Crippen LogP contribution < -0.4 is 10.6 Å². The van der Waals surface area contributed by atoms with E-state index in [2.05, 4.69) is 15.6 Å². The van der Waals surface area contributed by atoms with Crippen LogP contribution >= 0.6 is 23.4 Å². The first kappa shape index (κ1) is 17.3. The summed E-state index contributed by atoms with van der Waals surface area (Å²) in [5, 5.41) is 6.11. The van der Waals surface area contributed by atoms with Crippen LogP contribution in [0.3, 0.4) is 0 Å². The molecule has 0 aliphatic carbocycles. The first-order chi connectivity index (χ1) is 11.1. The van der Waals surface area contributed by atoms with Gasteiger partial charge in [0.15, 0.2) is 0 Å². The summed E-state index contributed by atoms with van der Waals surface area (Å²) in [6.45, 7) is 0.386. The van der Waals surface area contributed by atoms with Gasteiger partial charge in [0.1, 0.15) is 0 Å². The first-order valence-corrected chi connectivity index (χ1v) is 8.46. The van der Waals surface area contributed by atoms with Crippen molar-refractivity contribution >= 4 is 40.9 Å². The Balaban J connectivity index is 1.63. The van der Waals surface area contributed by atoms with Crippen molar-refractivity contribution in [2.45, 2.75) is 6.54 Å². The topological polar surface area (TPSA) is 71.1 Å². The minimum atomic E-state index is -0.158. The summed E-state index contributed by atoms with van der Waals surface area (Å²) in [6, 6.07) is 12.4. The third-order valence-corrected chi connectivity index (χ3v) is 3.97. The molecule has 2 amide bonds. The summed E-state index contributed by atoms with van der Waals surface area (Å²) >= 11 is 7.03. The number of benzene rings is 1. The lowest BCUT2D eigenvalue weighted by atomic mass is 10.3. The van der Waals surface area contributed by atoms with Gasteiger partial charge in [0, 0.05) is 16.9 Å². The molecule has 2 aromatic rings. The van der Waals surface area contributed by atoms with E-state index in [1.54, 1.807) is 30.5 Å². The zero-order chi connectivity index (χ0) is 16.5. The van der Waals surface area contributed by atoms with E-state index in [1.807, 2.05) is 18.2 Å². The highest BCUT2D eigenvalue weighted by Gasteiger charge is 2.06. The van der Waals surface area contributed by atoms with E-state index in [-0.39, 0.29) is 23.3 Å². The Labute approximate surface area is 143 Å². The van der Waals surface area contributed by atoms with Crippen LogP contribution in [0.1, 0.15) is 5.69 Å². The molecule has 1 aromatic carbocycles. The normalized spacial score (nSPS) is 10.1. The average molecular weight is 350 g/mol. The van der Waals surface area contributed by atoms with Gasteiger partial charge in [-0.15, -0.1) is 11.8 Å². The number of rotatable bonds is 7. The molecule has 5 nitrogen and oxygen atoms in total. The summed E-state index contributed by atoms with van der Waals surface area (Å²) in [7, 11) is 0. The van der Waals surface area contributed by atoms with Crippen LogP contribution in [0.15, 0.2) is 48.7 Å². The summed E-state index contributed by atoms with van der Waals surface area (Å²) in [5.41, 5.74) is 1.48. The molecular formula is C16H16ClN3O2S. The molecule has 0 atom stereocenters. The molecule has 2 rings (SSSR count). The molecule has 120 valence electrons. The number of nitrogens with one attached hydrogen (secondary N) is 2. The molecule has 1 heterocycles. The molecule has 0 aliphatic rings. The van der Waals surface area contributed by atoms with E-state index in [0.717, 1.165) is 5.69 Å². The molecule has 2 N–H and O–H groups in total. The van der Waals surface area contributed by atoms with Crippen LogP contribution in [0, 0.1) is 0 Å². The van der Waals surface area contributed by atoms with Gasteiger partial charge in [-0.2, -0.15) is 0 Å². The molecule has 1 aromatic heterocycles. The average Bonchev–Trinajstić information content (AvgIpc) is 2.56. The van der Waals surface area contributed by atoms with Gasteiger partial charge in [-0.25, -0.2) is 0 Å². The van der Waals surface area contributed by atoms with Crippen LogP contribution in [0.4, 0.5) is 5.69 Å². The predicted molar refractivity (Wildman–Crippen MR) is 93.5 cm³/mol. The number of pyridine rings is 1. The van der Waals surface area contributed by atoms with E-state index in [4.69, 9.17) is 11.6 Å². The Morgan fingerprint density at radius 1 is 1.04 bits per heavy atom. The van der Waals surface area contributed by atoms with E-state index < -0.39 is 0 Å². The number of halogens is 1. The quantitative estimate of drug-likeness (QED) is 0.806. The van der Waals surface area contributed by atoms with Crippen LogP contribution in [-0.4, -0.2) is 28.3 Å². The van der Waals surface area contributed by atoms with Crippen molar-refractivity contribution in [3.8, 4) is 0 Å². The smallest absolute Gasteiger partial charge is 0.234 e. The van der Waals surface area contributed by atoms with Crippen LogP contribution in [0.5, 0.6) is 0 Å². The Bertz CT molecular complexity index is 650. The Morgan fingerprint density at radius 3 is 2.48 bits per heavy atom. The summed E-state index contributed by atoms with van der Waals surface area (Å²) in [5.74, 6) is 0.148. The predicted octanol–water partition coefficient (Wildman–Crippen LogP) is 2.72. The molecular weight excluding hydrogens is 334 g/mol. The maximum absolute atomic E-state index is 11.8. The highest BCUT2D eigenvalue weighted by Crippen LogP contribution is 2.13. The van der Waals surface area contributed by atoms with Crippen LogP contribution in [0.2, 0.25) is 5.02 Å². The first-order valence-electron chi connectivity index (χ1n) is 6.93. The number of thioether (sulfide) groups is 1. The molecule has 7 heteroatoms. The number of nitrogens with zero attached hydrogens (tertiary/aromatic N) is 1. The number of anilines is 1. The van der Waals surface area contributed by atoms with Crippen molar-refractivity contribution in [1.82, 2.24) is 10.3 Å². The number of carbonyl (C=O) groups is 2. The van der Waals surface area contributed by atoms with Crippen molar-refractivity contribution in [3.05, 3.63) is 59.4 Å². The number of aromatic nitrogens is 1. The Kier molecular flexibility index (Phi) is 6.90. The molecule has 0 saturated heterocycles. The highest BCUT2D eigenvalue weighted by molar-refractivity contribution is 8.00. The fraction of sp³-hybridized carbons (Fsp3) is 0.188. The van der Waals surface area contributed by atoms with Gasteiger partial charge in [0.2, 0.25) is 11.8 Å². The Morgan fingerprint density at radius 2 is 1.78 bits per heavy atom. The second-order valence-electron chi connectivity index (χ2n) is 4.65. The number of hydrogen-bond acceptors (Lipinski definition) is 4. The molecule has 0 bridgehead atoms. The molecule has 0 aliphatic heterocycles. The van der Waals surface area contributed by atoms with Gasteiger partial charge in [-0.05, 0) is 36.4 Å². The van der Waals surface area contributed by atoms with Crippen molar-refractivity contribution < 1.29 is 9.59 Å². The minimum absolute atomic E-state index is 0.125. The molecule has 23 heavy (non-hydrogen) atoms. The zero-order valence-electron chi connectivity index (χ0n) is 12.3. The molecule has 0 radical (unpaired) electrons. The lowest BCUT2D eigenvalue weighted by Crippen LogP contribution is -2.26. The highest BCUT2D eigenvalue weighted by atomic mass is 35.5. The second-order valence-corrected chi connectivity index (χ2v) is 6.07. The van der Waals surface area contributed by atoms with E-state index in [0.29, 0.717) is 17.3 Å². The summed E-state index contributed by atoms with van der Waals surface area (Å²) in [4.78, 5) is 27.6. The fourth-order valence-corrected chi connectivity index (χ4v) is 2.48. The molecule has 0 unspecified atom stereocenters. The molecule has 0 spiro atoms. The third-order valence-electron chi connectivity index (χ3n) is 2.79. The number of amides is 2. The lowest BCUT2D eigenvalue weighted by Gasteiger charge is -2.06. The van der Waals surface area contributed by atoms with Gasteiger partial charge in [0.05, 0.1) is 23.7 Å². The van der Waals surface area contributed by atoms with Gasteiger partial charge >= 0.3 is 0 Å². The van der Waals surface area contributed by atoms with E-state index in [9.17, 15) is 9.59 Å². The van der Waals surface area contributed by atoms with Crippen molar-refractivity contribution in [3.63, 3.8) is 0 Å².